The highest BCUT2D eigenvalue weighted by atomic mass is 19.4. The van der Waals surface area contributed by atoms with Crippen molar-refractivity contribution in [1.82, 2.24) is 0 Å². The van der Waals surface area contributed by atoms with Gasteiger partial charge in [-0.15, -0.1) is 13.2 Å². The van der Waals surface area contributed by atoms with Crippen molar-refractivity contribution in [2.45, 2.75) is 13.3 Å². The van der Waals surface area contributed by atoms with Crippen molar-refractivity contribution >= 4 is 5.97 Å². The molecule has 128 valence electrons. The number of hydrogen-bond donors (Lipinski definition) is 0. The van der Waals surface area contributed by atoms with Crippen LogP contribution in [0.25, 0.3) is 11.1 Å². The maximum atomic E-state index is 12.2. The van der Waals surface area contributed by atoms with E-state index in [4.69, 9.17) is 9.47 Å². The lowest BCUT2D eigenvalue weighted by molar-refractivity contribution is -0.274. The van der Waals surface area contributed by atoms with Crippen LogP contribution in [0.2, 0.25) is 0 Å². The lowest BCUT2D eigenvalue weighted by Crippen LogP contribution is -2.16. The number of hydrogen-bond acceptors (Lipinski definition) is 4. The molecular weight excluding hydrogens is 325 g/mol. The summed E-state index contributed by atoms with van der Waals surface area (Å²) in [6.07, 6.45) is -4.74. The molecule has 2 aromatic carbocycles. The van der Waals surface area contributed by atoms with Crippen LogP contribution in [0.1, 0.15) is 17.3 Å². The van der Waals surface area contributed by atoms with Crippen molar-refractivity contribution in [3.8, 4) is 22.6 Å². The summed E-state index contributed by atoms with van der Waals surface area (Å²) < 4.78 is 50.5. The number of halogens is 3. The largest absolute Gasteiger partial charge is 0.573 e. The molecule has 0 atom stereocenters. The molecule has 2 rings (SSSR count). The molecule has 0 saturated heterocycles. The van der Waals surface area contributed by atoms with Gasteiger partial charge in [0.25, 0.3) is 0 Å². The van der Waals surface area contributed by atoms with E-state index in [0.717, 1.165) is 0 Å². The second-order valence-corrected chi connectivity index (χ2v) is 4.74. The molecule has 0 spiro atoms. The standard InChI is InChI=1S/C17H15F3O4/c1-3-23-16(21)13-8-12(9-15(10-13)22-2)11-4-6-14(7-5-11)24-17(18,19)20/h4-10H,3H2,1-2H3. The summed E-state index contributed by atoms with van der Waals surface area (Å²) in [6.45, 7) is 1.92. The highest BCUT2D eigenvalue weighted by Crippen LogP contribution is 2.29. The van der Waals surface area contributed by atoms with Crippen molar-refractivity contribution in [2.24, 2.45) is 0 Å². The molecule has 0 aliphatic heterocycles. The Morgan fingerprint density at radius 2 is 1.67 bits per heavy atom. The van der Waals surface area contributed by atoms with E-state index in [1.807, 2.05) is 0 Å². The Labute approximate surface area is 136 Å². The molecule has 0 bridgehead atoms. The molecule has 0 aliphatic carbocycles. The van der Waals surface area contributed by atoms with E-state index >= 15 is 0 Å². The number of alkyl halides is 3. The second-order valence-electron chi connectivity index (χ2n) is 4.74. The second kappa shape index (κ2) is 7.25. The van der Waals surface area contributed by atoms with E-state index < -0.39 is 12.3 Å². The van der Waals surface area contributed by atoms with Crippen LogP contribution in [0.5, 0.6) is 11.5 Å². The Hall–Kier alpha value is -2.70. The molecule has 0 aromatic heterocycles. The minimum atomic E-state index is -4.74. The average Bonchev–Trinajstić information content (AvgIpc) is 2.54. The molecule has 0 heterocycles. The van der Waals surface area contributed by atoms with E-state index in [9.17, 15) is 18.0 Å². The van der Waals surface area contributed by atoms with Gasteiger partial charge in [0.2, 0.25) is 0 Å². The fraction of sp³-hybridized carbons (Fsp3) is 0.235. The number of rotatable bonds is 5. The lowest BCUT2D eigenvalue weighted by Gasteiger charge is -2.11. The minimum absolute atomic E-state index is 0.231. The third kappa shape index (κ3) is 4.65. The normalized spacial score (nSPS) is 11.0. The van der Waals surface area contributed by atoms with Gasteiger partial charge in [-0.1, -0.05) is 12.1 Å². The first-order valence-corrected chi connectivity index (χ1v) is 7.05. The average molecular weight is 340 g/mol. The quantitative estimate of drug-likeness (QED) is 0.755. The Morgan fingerprint density at radius 3 is 2.21 bits per heavy atom. The summed E-state index contributed by atoms with van der Waals surface area (Å²) in [5.41, 5.74) is 1.51. The van der Waals surface area contributed by atoms with Gasteiger partial charge in [0.15, 0.2) is 0 Å². The number of ether oxygens (including phenoxy) is 3. The summed E-state index contributed by atoms with van der Waals surface area (Å²) in [4.78, 5) is 11.9. The molecule has 24 heavy (non-hydrogen) atoms. The molecule has 0 fully saturated rings. The summed E-state index contributed by atoms with van der Waals surface area (Å²) in [6, 6.07) is 10.1. The maximum Gasteiger partial charge on any atom is 0.573 e. The van der Waals surface area contributed by atoms with Gasteiger partial charge in [-0.05, 0) is 48.4 Å². The van der Waals surface area contributed by atoms with Crippen LogP contribution in [0, 0.1) is 0 Å². The molecule has 4 nitrogen and oxygen atoms in total. The molecule has 0 radical (unpaired) electrons. The zero-order chi connectivity index (χ0) is 17.7. The van der Waals surface area contributed by atoms with Crippen molar-refractivity contribution < 1.29 is 32.2 Å². The first-order valence-electron chi connectivity index (χ1n) is 7.05. The predicted octanol–water partition coefficient (Wildman–Crippen LogP) is 4.44. The maximum absolute atomic E-state index is 12.2. The number of esters is 1. The smallest absolute Gasteiger partial charge is 0.497 e. The van der Waals surface area contributed by atoms with Crippen LogP contribution in [0.3, 0.4) is 0 Å². The fourth-order valence-electron chi connectivity index (χ4n) is 2.06. The molecule has 7 heteroatoms. The number of benzene rings is 2. The van der Waals surface area contributed by atoms with Crippen LogP contribution in [-0.2, 0) is 4.74 Å². The number of carbonyl (C=O) groups excluding carboxylic acids is 1. The molecule has 0 N–H and O–H groups in total. The highest BCUT2D eigenvalue weighted by Gasteiger charge is 2.30. The van der Waals surface area contributed by atoms with Crippen LogP contribution in [-0.4, -0.2) is 26.0 Å². The van der Waals surface area contributed by atoms with E-state index in [-0.39, 0.29) is 12.4 Å². The third-order valence-electron chi connectivity index (χ3n) is 3.07. The van der Waals surface area contributed by atoms with E-state index in [2.05, 4.69) is 4.74 Å². The zero-order valence-electron chi connectivity index (χ0n) is 13.0. The van der Waals surface area contributed by atoms with Crippen molar-refractivity contribution in [3.05, 3.63) is 48.0 Å². The Bertz CT molecular complexity index is 709. The van der Waals surface area contributed by atoms with E-state index in [1.165, 1.54) is 37.4 Å². The molecular formula is C17H15F3O4. The number of methoxy groups -OCH3 is 1. The molecule has 2 aromatic rings. The van der Waals surface area contributed by atoms with Crippen molar-refractivity contribution in [1.29, 1.82) is 0 Å². The van der Waals surface area contributed by atoms with E-state index in [1.54, 1.807) is 19.1 Å². The summed E-state index contributed by atoms with van der Waals surface area (Å²) in [5.74, 6) is -0.388. The van der Waals surface area contributed by atoms with Gasteiger partial charge in [-0.3, -0.25) is 0 Å². The number of carbonyl (C=O) groups is 1. The van der Waals surface area contributed by atoms with E-state index in [0.29, 0.717) is 22.4 Å². The van der Waals surface area contributed by atoms with Crippen molar-refractivity contribution in [3.63, 3.8) is 0 Å². The summed E-state index contributed by atoms with van der Waals surface area (Å²) in [7, 11) is 1.45. The fourth-order valence-corrected chi connectivity index (χ4v) is 2.06. The van der Waals surface area contributed by atoms with Gasteiger partial charge >= 0.3 is 12.3 Å². The third-order valence-corrected chi connectivity index (χ3v) is 3.07. The molecule has 0 saturated carbocycles. The highest BCUT2D eigenvalue weighted by molar-refractivity contribution is 5.91. The topological polar surface area (TPSA) is 44.8 Å². The van der Waals surface area contributed by atoms with Gasteiger partial charge in [0.05, 0.1) is 19.3 Å². The Balaban J connectivity index is 2.33. The summed E-state index contributed by atoms with van der Waals surface area (Å²) in [5, 5.41) is 0. The Morgan fingerprint density at radius 1 is 1.00 bits per heavy atom. The molecule has 0 unspecified atom stereocenters. The predicted molar refractivity (Wildman–Crippen MR) is 81.1 cm³/mol. The first-order chi connectivity index (χ1) is 11.3. The van der Waals surface area contributed by atoms with Crippen molar-refractivity contribution in [2.75, 3.05) is 13.7 Å². The minimum Gasteiger partial charge on any atom is -0.497 e. The van der Waals surface area contributed by atoms with Crippen LogP contribution in [0.4, 0.5) is 13.2 Å². The van der Waals surface area contributed by atoms with Gasteiger partial charge in [-0.25, -0.2) is 4.79 Å². The van der Waals surface area contributed by atoms with Gasteiger partial charge in [-0.2, -0.15) is 0 Å². The SMILES string of the molecule is CCOC(=O)c1cc(OC)cc(-c2ccc(OC(F)(F)F)cc2)c1. The molecule has 0 amide bonds. The van der Waals surface area contributed by atoms with Crippen LogP contribution < -0.4 is 9.47 Å². The zero-order valence-corrected chi connectivity index (χ0v) is 13.0. The van der Waals surface area contributed by atoms with Crippen LogP contribution in [0.15, 0.2) is 42.5 Å². The lowest BCUT2D eigenvalue weighted by atomic mass is 10.0. The van der Waals surface area contributed by atoms with Crippen LogP contribution >= 0.6 is 0 Å². The molecule has 0 aliphatic rings. The van der Waals surface area contributed by atoms with Gasteiger partial charge in [0, 0.05) is 0 Å². The monoisotopic (exact) mass is 340 g/mol. The van der Waals surface area contributed by atoms with Gasteiger partial charge < -0.3 is 14.2 Å². The Kier molecular flexibility index (Phi) is 5.33. The summed E-state index contributed by atoms with van der Waals surface area (Å²) >= 11 is 0. The van der Waals surface area contributed by atoms with Gasteiger partial charge in [0.1, 0.15) is 11.5 Å². The first kappa shape index (κ1) is 17.7.